The number of aromatic nitrogens is 6. The molecule has 0 aliphatic heterocycles. The number of unbranched alkanes of at least 4 members (excludes halogenated alkanes) is 1. The Labute approximate surface area is 282 Å². The highest BCUT2D eigenvalue weighted by Crippen LogP contribution is 2.08. The van der Waals surface area contributed by atoms with Gasteiger partial charge in [-0.15, -0.1) is 0 Å². The Kier molecular flexibility index (Phi) is 12.1. The van der Waals surface area contributed by atoms with Gasteiger partial charge in [0.15, 0.2) is 10.2 Å². The van der Waals surface area contributed by atoms with Crippen molar-refractivity contribution in [1.82, 2.24) is 50.4 Å². The molecule has 2 amide bonds. The fourth-order valence-corrected chi connectivity index (χ4v) is 4.69. The quantitative estimate of drug-likeness (QED) is 0.0736. The summed E-state index contributed by atoms with van der Waals surface area (Å²) in [6.45, 7) is 3.12. The third-order valence-corrected chi connectivity index (χ3v) is 7.06. The molecular weight excluding hydrogens is 671 g/mol. The van der Waals surface area contributed by atoms with Crippen molar-refractivity contribution in [3.8, 4) is 0 Å². The normalized spacial score (nSPS) is 10.7. The van der Waals surface area contributed by atoms with Gasteiger partial charge in [0.25, 0.3) is 11.8 Å². The zero-order valence-corrected chi connectivity index (χ0v) is 27.4. The summed E-state index contributed by atoms with van der Waals surface area (Å²) in [5.74, 6) is -1.15. The summed E-state index contributed by atoms with van der Waals surface area (Å²) in [5.41, 5.74) is 9.81. The van der Waals surface area contributed by atoms with Crippen LogP contribution in [0.15, 0.2) is 58.1 Å². The molecule has 0 fully saturated rings. The number of benzene rings is 2. The number of amides is 2. The van der Waals surface area contributed by atoms with E-state index in [2.05, 4.69) is 42.5 Å². The molecule has 48 heavy (non-hydrogen) atoms. The number of rotatable bonds is 11. The van der Waals surface area contributed by atoms with Crippen LogP contribution in [0.25, 0.3) is 0 Å². The standard InChI is InChI=1S/C28H32F2N12O4S2/c1-17-37-41(15-23(43)33-35-25(47)31-21-9-5-19(29)6-10-21)27(45)39(17)13-3-4-14-40-18(2)38-42(28(40)46)16-24(44)34-36-26(48)32-22-11-7-20(30)8-12-22/h5-12H,3-4,13-16H2,1-2H3,(H,33,43)(H,34,44)(H2,31,35,47)(H2,32,36,48). The Morgan fingerprint density at radius 3 is 1.35 bits per heavy atom. The van der Waals surface area contributed by atoms with E-state index in [4.69, 9.17) is 24.4 Å². The molecule has 2 aromatic carbocycles. The minimum atomic E-state index is -0.578. The van der Waals surface area contributed by atoms with Crippen LogP contribution < -0.4 is 43.7 Å². The van der Waals surface area contributed by atoms with Gasteiger partial charge in [-0.2, -0.15) is 10.2 Å². The minimum Gasteiger partial charge on any atom is -0.331 e. The van der Waals surface area contributed by atoms with Gasteiger partial charge in [-0.3, -0.25) is 40.4 Å². The highest BCUT2D eigenvalue weighted by molar-refractivity contribution is 7.80. The largest absolute Gasteiger partial charge is 0.346 e. The fourth-order valence-electron chi connectivity index (χ4n) is 4.35. The first-order chi connectivity index (χ1) is 22.9. The molecule has 0 saturated heterocycles. The van der Waals surface area contributed by atoms with Crippen LogP contribution in [0, 0.1) is 25.5 Å². The van der Waals surface area contributed by atoms with E-state index in [1.165, 1.54) is 57.7 Å². The number of hydrogen-bond acceptors (Lipinski definition) is 8. The Bertz CT molecular complexity index is 1770. The van der Waals surface area contributed by atoms with Crippen molar-refractivity contribution >= 4 is 57.8 Å². The maximum absolute atomic E-state index is 13.0. The van der Waals surface area contributed by atoms with Crippen molar-refractivity contribution < 1.29 is 18.4 Å². The van der Waals surface area contributed by atoms with Gasteiger partial charge in [0.1, 0.15) is 36.4 Å². The highest BCUT2D eigenvalue weighted by Gasteiger charge is 2.15. The molecule has 6 N–H and O–H groups in total. The van der Waals surface area contributed by atoms with Crippen molar-refractivity contribution in [3.63, 3.8) is 0 Å². The zero-order chi connectivity index (χ0) is 34.8. The van der Waals surface area contributed by atoms with E-state index in [1.807, 2.05) is 0 Å². The third-order valence-electron chi connectivity index (χ3n) is 6.65. The van der Waals surface area contributed by atoms with Gasteiger partial charge in [-0.25, -0.2) is 27.7 Å². The summed E-state index contributed by atoms with van der Waals surface area (Å²) in [7, 11) is 0. The van der Waals surface area contributed by atoms with Crippen molar-refractivity contribution in [3.05, 3.63) is 92.8 Å². The number of carbonyl (C=O) groups excluding carboxylic acids is 2. The van der Waals surface area contributed by atoms with Gasteiger partial charge in [0, 0.05) is 24.5 Å². The van der Waals surface area contributed by atoms with Gasteiger partial charge < -0.3 is 10.6 Å². The van der Waals surface area contributed by atoms with Gasteiger partial charge >= 0.3 is 11.4 Å². The van der Waals surface area contributed by atoms with Gasteiger partial charge in [0.2, 0.25) is 0 Å². The first kappa shape index (κ1) is 35.4. The van der Waals surface area contributed by atoms with E-state index in [9.17, 15) is 28.0 Å². The van der Waals surface area contributed by atoms with E-state index in [-0.39, 0.29) is 36.4 Å². The Hall–Kier alpha value is -5.50. The summed E-state index contributed by atoms with van der Waals surface area (Å²) < 4.78 is 31.0. The molecule has 20 heteroatoms. The Morgan fingerprint density at radius 2 is 1.00 bits per heavy atom. The summed E-state index contributed by atoms with van der Waals surface area (Å²) >= 11 is 10.2. The maximum Gasteiger partial charge on any atom is 0.346 e. The summed E-state index contributed by atoms with van der Waals surface area (Å²) in [4.78, 5) is 50.5. The molecule has 0 unspecified atom stereocenters. The number of nitrogens with zero attached hydrogens (tertiary/aromatic N) is 6. The average molecular weight is 703 g/mol. The number of nitrogens with one attached hydrogen (secondary N) is 6. The molecule has 0 saturated carbocycles. The molecule has 0 bridgehead atoms. The minimum absolute atomic E-state index is 0.0568. The van der Waals surface area contributed by atoms with Crippen LogP contribution in [0.1, 0.15) is 24.5 Å². The second-order valence-corrected chi connectivity index (χ2v) is 11.1. The van der Waals surface area contributed by atoms with Crippen LogP contribution in [0.5, 0.6) is 0 Å². The van der Waals surface area contributed by atoms with Crippen LogP contribution in [0.2, 0.25) is 0 Å². The highest BCUT2D eigenvalue weighted by atomic mass is 32.1. The molecule has 0 radical (unpaired) electrons. The zero-order valence-electron chi connectivity index (χ0n) is 25.8. The number of carbonyl (C=O) groups is 2. The molecule has 2 aromatic heterocycles. The van der Waals surface area contributed by atoms with Crippen LogP contribution in [0.3, 0.4) is 0 Å². The smallest absolute Gasteiger partial charge is 0.331 e. The summed E-state index contributed by atoms with van der Waals surface area (Å²) in [6, 6.07) is 10.9. The second-order valence-electron chi connectivity index (χ2n) is 10.3. The lowest BCUT2D eigenvalue weighted by Gasteiger charge is -2.11. The van der Waals surface area contributed by atoms with Crippen LogP contribution >= 0.6 is 24.4 Å². The second kappa shape index (κ2) is 16.4. The van der Waals surface area contributed by atoms with Crippen molar-refractivity contribution in [2.45, 2.75) is 52.9 Å². The van der Waals surface area contributed by atoms with E-state index in [1.54, 1.807) is 13.8 Å². The first-order valence-corrected chi connectivity index (χ1v) is 15.2. The number of hydrazine groups is 2. The first-order valence-electron chi connectivity index (χ1n) is 14.4. The lowest BCUT2D eigenvalue weighted by atomic mass is 10.3. The van der Waals surface area contributed by atoms with Crippen LogP contribution in [-0.4, -0.2) is 50.7 Å². The molecule has 16 nitrogen and oxygen atoms in total. The Balaban J connectivity index is 1.20. The molecule has 0 spiro atoms. The topological polar surface area (TPSA) is 186 Å². The number of hydrogen-bond donors (Lipinski definition) is 6. The predicted molar refractivity (Wildman–Crippen MR) is 179 cm³/mol. The molecule has 4 aromatic rings. The third kappa shape index (κ3) is 10.00. The van der Waals surface area contributed by atoms with Gasteiger partial charge in [-0.1, -0.05) is 0 Å². The molecule has 0 aliphatic carbocycles. The van der Waals surface area contributed by atoms with Crippen molar-refractivity contribution in [2.24, 2.45) is 0 Å². The summed E-state index contributed by atoms with van der Waals surface area (Å²) in [6.07, 6.45) is 1.01. The summed E-state index contributed by atoms with van der Waals surface area (Å²) in [5, 5.41) is 14.0. The van der Waals surface area contributed by atoms with E-state index in [0.717, 1.165) is 9.36 Å². The van der Waals surface area contributed by atoms with Gasteiger partial charge in [-0.05, 0) is 99.7 Å². The van der Waals surface area contributed by atoms with Gasteiger partial charge in [0.05, 0.1) is 0 Å². The molecule has 2 heterocycles. The molecule has 254 valence electrons. The average Bonchev–Trinajstić information content (AvgIpc) is 3.46. The lowest BCUT2D eigenvalue weighted by Crippen LogP contribution is -2.46. The van der Waals surface area contributed by atoms with E-state index in [0.29, 0.717) is 35.9 Å². The number of aryl methyl sites for hydroxylation is 2. The fraction of sp³-hybridized carbons (Fsp3) is 0.286. The number of anilines is 2. The predicted octanol–water partition coefficient (Wildman–Crippen LogP) is 0.814. The molecular formula is C28H32F2N12O4S2. The SMILES string of the molecule is Cc1nn(CC(=O)NNC(=S)Nc2ccc(F)cc2)c(=O)n1CCCCn1c(C)nn(CC(=O)NNC(=S)Nc2ccc(F)cc2)c1=O. The van der Waals surface area contributed by atoms with Crippen LogP contribution in [0.4, 0.5) is 20.2 Å². The number of thiocarbonyl (C=S) groups is 2. The van der Waals surface area contributed by atoms with E-state index < -0.39 is 34.8 Å². The molecule has 4 rings (SSSR count). The molecule has 0 aliphatic rings. The molecule has 0 atom stereocenters. The number of halogens is 2. The Morgan fingerprint density at radius 1 is 0.646 bits per heavy atom. The van der Waals surface area contributed by atoms with Crippen molar-refractivity contribution in [1.29, 1.82) is 0 Å². The maximum atomic E-state index is 13.0. The van der Waals surface area contributed by atoms with Crippen molar-refractivity contribution in [2.75, 3.05) is 10.6 Å². The lowest BCUT2D eigenvalue weighted by molar-refractivity contribution is -0.123. The van der Waals surface area contributed by atoms with Crippen LogP contribution in [-0.2, 0) is 35.8 Å². The monoisotopic (exact) mass is 702 g/mol. The van der Waals surface area contributed by atoms with E-state index >= 15 is 0 Å².